The fourth-order valence-electron chi connectivity index (χ4n) is 2.22. The first-order valence-electron chi connectivity index (χ1n) is 7.94. The molecule has 3 rings (SSSR count). The number of nitrogens with one attached hydrogen (secondary N) is 1. The lowest BCUT2D eigenvalue weighted by atomic mass is 10.2. The molecular formula is C19H17N3OS3. The van der Waals surface area contributed by atoms with Crippen LogP contribution in [0, 0.1) is 3.95 Å². The molecule has 0 unspecified atom stereocenters. The molecule has 0 saturated heterocycles. The molecule has 0 aliphatic rings. The van der Waals surface area contributed by atoms with E-state index in [9.17, 15) is 4.79 Å². The maximum atomic E-state index is 11.9. The highest BCUT2D eigenvalue weighted by Gasteiger charge is 2.09. The van der Waals surface area contributed by atoms with Crippen molar-refractivity contribution in [2.75, 3.05) is 6.54 Å². The van der Waals surface area contributed by atoms with E-state index in [1.165, 1.54) is 16.9 Å². The van der Waals surface area contributed by atoms with Crippen LogP contribution >= 0.6 is 35.3 Å². The minimum Gasteiger partial charge on any atom is -0.349 e. The molecule has 0 spiro atoms. The van der Waals surface area contributed by atoms with Gasteiger partial charge >= 0.3 is 0 Å². The summed E-state index contributed by atoms with van der Waals surface area (Å²) in [5, 5.41) is 7.35. The molecule has 1 aromatic heterocycles. The number of nitrogens with zero attached hydrogens (tertiary/aromatic N) is 2. The van der Waals surface area contributed by atoms with Crippen molar-refractivity contribution in [1.82, 2.24) is 15.1 Å². The lowest BCUT2D eigenvalue weighted by Crippen LogP contribution is -2.23. The molecule has 7 heteroatoms. The van der Waals surface area contributed by atoms with E-state index in [2.05, 4.69) is 29.1 Å². The highest BCUT2D eigenvalue weighted by molar-refractivity contribution is 8.00. The predicted molar refractivity (Wildman–Crippen MR) is 111 cm³/mol. The van der Waals surface area contributed by atoms with Gasteiger partial charge in [0.25, 0.3) is 5.91 Å². The molecule has 0 aliphatic carbocycles. The largest absolute Gasteiger partial charge is 0.349 e. The smallest absolute Gasteiger partial charge is 0.251 e. The molecule has 4 nitrogen and oxygen atoms in total. The third-order valence-electron chi connectivity index (χ3n) is 3.52. The van der Waals surface area contributed by atoms with Gasteiger partial charge in [-0.15, -0.1) is 11.7 Å². The third-order valence-corrected chi connectivity index (χ3v) is 5.95. The molecular weight excluding hydrogens is 382 g/mol. The lowest BCUT2D eigenvalue weighted by Gasteiger charge is -2.04. The molecule has 3 aromatic rings. The van der Waals surface area contributed by atoms with Gasteiger partial charge in [0.1, 0.15) is 0 Å². The molecule has 0 aliphatic heterocycles. The third kappa shape index (κ3) is 4.69. The van der Waals surface area contributed by atoms with Gasteiger partial charge in [0.2, 0.25) is 0 Å². The van der Waals surface area contributed by atoms with Crippen molar-refractivity contribution in [1.29, 1.82) is 0 Å². The molecule has 0 saturated carbocycles. The van der Waals surface area contributed by atoms with Crippen LogP contribution in [0.15, 0.2) is 71.6 Å². The highest BCUT2D eigenvalue weighted by atomic mass is 32.2. The first-order chi connectivity index (χ1) is 12.7. The van der Waals surface area contributed by atoms with Crippen molar-refractivity contribution >= 4 is 41.2 Å². The number of amides is 1. The number of thioether (sulfide) groups is 1. The van der Waals surface area contributed by atoms with Crippen molar-refractivity contribution in [3.05, 3.63) is 82.3 Å². The lowest BCUT2D eigenvalue weighted by molar-refractivity contribution is 0.0958. The number of hydrogen-bond donors (Lipinski definition) is 1. The summed E-state index contributed by atoms with van der Waals surface area (Å²) in [7, 11) is 0. The first kappa shape index (κ1) is 18.6. The molecule has 132 valence electrons. The van der Waals surface area contributed by atoms with Crippen LogP contribution in [-0.2, 0) is 5.75 Å². The number of benzene rings is 2. The second-order valence-corrected chi connectivity index (χ2v) is 8.21. The molecule has 0 fully saturated rings. The molecule has 0 bridgehead atoms. The Morgan fingerprint density at radius 1 is 1.23 bits per heavy atom. The van der Waals surface area contributed by atoms with Gasteiger partial charge in [-0.05, 0) is 42.0 Å². The summed E-state index contributed by atoms with van der Waals surface area (Å²) < 4.78 is 3.34. The Hall–Kier alpha value is -2.22. The Bertz CT molecular complexity index is 946. The molecule has 0 radical (unpaired) electrons. The van der Waals surface area contributed by atoms with Crippen LogP contribution in [-0.4, -0.2) is 22.2 Å². The summed E-state index contributed by atoms with van der Waals surface area (Å²) in [6.45, 7) is 4.03. The van der Waals surface area contributed by atoms with E-state index in [0.717, 1.165) is 15.8 Å². The second-order valence-electron chi connectivity index (χ2n) is 5.37. The summed E-state index contributed by atoms with van der Waals surface area (Å²) in [6, 6.07) is 17.5. The molecule has 2 aromatic carbocycles. The van der Waals surface area contributed by atoms with Crippen molar-refractivity contribution in [2.45, 2.75) is 10.1 Å². The van der Waals surface area contributed by atoms with Crippen molar-refractivity contribution in [2.24, 2.45) is 0 Å². The molecule has 1 heterocycles. The Labute approximate surface area is 165 Å². The van der Waals surface area contributed by atoms with Crippen molar-refractivity contribution in [3.8, 4) is 5.69 Å². The Morgan fingerprint density at radius 2 is 1.96 bits per heavy atom. The van der Waals surface area contributed by atoms with Crippen LogP contribution in [0.25, 0.3) is 5.69 Å². The van der Waals surface area contributed by atoms with Gasteiger partial charge in [-0.3, -0.25) is 4.79 Å². The molecule has 0 atom stereocenters. The summed E-state index contributed by atoms with van der Waals surface area (Å²) in [5.74, 6) is 0.725. The summed E-state index contributed by atoms with van der Waals surface area (Å²) in [6.07, 6.45) is 1.65. The predicted octanol–water partition coefficient (Wildman–Crippen LogP) is 4.87. The van der Waals surface area contributed by atoms with Gasteiger partial charge in [-0.2, -0.15) is 0 Å². The number of carbonyl (C=O) groups excluding carboxylic acids is 1. The Morgan fingerprint density at radius 3 is 2.65 bits per heavy atom. The minimum atomic E-state index is -0.127. The number of rotatable bonds is 7. The van der Waals surface area contributed by atoms with E-state index in [0.29, 0.717) is 16.1 Å². The molecule has 1 N–H and O–H groups in total. The summed E-state index contributed by atoms with van der Waals surface area (Å²) in [4.78, 5) is 11.9. The van der Waals surface area contributed by atoms with Crippen LogP contribution < -0.4 is 5.32 Å². The molecule has 26 heavy (non-hydrogen) atoms. The Kier molecular flexibility index (Phi) is 6.38. The first-order valence-corrected chi connectivity index (χ1v) is 10.1. The Balaban J connectivity index is 1.71. The van der Waals surface area contributed by atoms with Gasteiger partial charge in [0.15, 0.2) is 8.29 Å². The van der Waals surface area contributed by atoms with E-state index >= 15 is 0 Å². The molecule has 1 amide bonds. The van der Waals surface area contributed by atoms with E-state index in [1.807, 2.05) is 30.3 Å². The number of hydrogen-bond acceptors (Lipinski definition) is 5. The van der Waals surface area contributed by atoms with Gasteiger partial charge in [0, 0.05) is 17.9 Å². The van der Waals surface area contributed by atoms with E-state index < -0.39 is 0 Å². The van der Waals surface area contributed by atoms with E-state index in [1.54, 1.807) is 34.7 Å². The maximum absolute atomic E-state index is 11.9. The fourth-order valence-corrected chi connectivity index (χ4v) is 4.54. The topological polar surface area (TPSA) is 46.9 Å². The van der Waals surface area contributed by atoms with E-state index in [-0.39, 0.29) is 5.91 Å². The van der Waals surface area contributed by atoms with Gasteiger partial charge in [0.05, 0.1) is 5.69 Å². The highest BCUT2D eigenvalue weighted by Crippen LogP contribution is 2.27. The standard InChI is InChI=1S/C19H17N3OS3/c1-2-12-20-17(23)15-8-10-16(11-9-15)22-19(24)26-18(21-22)25-13-14-6-4-3-5-7-14/h2-11H,1,12-13H2,(H,20,23). The summed E-state index contributed by atoms with van der Waals surface area (Å²) >= 11 is 8.60. The minimum absolute atomic E-state index is 0.127. The second kappa shape index (κ2) is 8.93. The quantitative estimate of drug-likeness (QED) is 0.350. The van der Waals surface area contributed by atoms with Gasteiger partial charge in [-0.1, -0.05) is 59.5 Å². The maximum Gasteiger partial charge on any atom is 0.251 e. The number of aromatic nitrogens is 2. The zero-order valence-corrected chi connectivity index (χ0v) is 16.4. The zero-order chi connectivity index (χ0) is 18.4. The van der Waals surface area contributed by atoms with E-state index in [4.69, 9.17) is 12.2 Å². The number of carbonyl (C=O) groups is 1. The normalized spacial score (nSPS) is 10.5. The SMILES string of the molecule is C=CCNC(=O)c1ccc(-n2nc(SCc3ccccc3)sc2=S)cc1. The van der Waals surface area contributed by atoms with Crippen LogP contribution in [0.4, 0.5) is 0 Å². The average Bonchev–Trinajstić information content (AvgIpc) is 3.06. The van der Waals surface area contributed by atoms with Crippen LogP contribution in [0.1, 0.15) is 15.9 Å². The average molecular weight is 400 g/mol. The van der Waals surface area contributed by atoms with Crippen LogP contribution in [0.2, 0.25) is 0 Å². The zero-order valence-electron chi connectivity index (χ0n) is 13.9. The van der Waals surface area contributed by atoms with Crippen LogP contribution in [0.3, 0.4) is 0 Å². The monoisotopic (exact) mass is 399 g/mol. The summed E-state index contributed by atoms with van der Waals surface area (Å²) in [5.41, 5.74) is 2.69. The van der Waals surface area contributed by atoms with Crippen molar-refractivity contribution in [3.63, 3.8) is 0 Å². The van der Waals surface area contributed by atoms with Gasteiger partial charge in [-0.25, -0.2) is 4.68 Å². The fraction of sp³-hybridized carbons (Fsp3) is 0.105. The van der Waals surface area contributed by atoms with Crippen molar-refractivity contribution < 1.29 is 4.79 Å². The van der Waals surface area contributed by atoms with Crippen LogP contribution in [0.5, 0.6) is 0 Å². The van der Waals surface area contributed by atoms with Gasteiger partial charge < -0.3 is 5.32 Å².